The molecule has 2 aromatic heterocycles. The van der Waals surface area contributed by atoms with Crippen LogP contribution in [0.4, 0.5) is 5.69 Å². The Morgan fingerprint density at radius 2 is 1.80 bits per heavy atom. The molecule has 0 spiro atoms. The van der Waals surface area contributed by atoms with E-state index in [9.17, 15) is 4.79 Å². The van der Waals surface area contributed by atoms with Gasteiger partial charge in [-0.3, -0.25) is 4.79 Å². The molecule has 0 saturated carbocycles. The minimum Gasteiger partial charge on any atom is -0.423 e. The zero-order valence-electron chi connectivity index (χ0n) is 12.9. The van der Waals surface area contributed by atoms with Crippen molar-refractivity contribution in [3.63, 3.8) is 0 Å². The molecule has 0 radical (unpaired) electrons. The molecule has 0 saturated heterocycles. The molecule has 7 heteroatoms. The Hall–Kier alpha value is -3.74. The minimum atomic E-state index is -0.367. The maximum atomic E-state index is 12.4. The van der Waals surface area contributed by atoms with Crippen LogP contribution in [0.15, 0.2) is 76.0 Å². The average molecular weight is 332 g/mol. The van der Waals surface area contributed by atoms with Crippen LogP contribution in [-0.4, -0.2) is 21.3 Å². The Morgan fingerprint density at radius 3 is 2.60 bits per heavy atom. The fourth-order valence-corrected chi connectivity index (χ4v) is 2.34. The van der Waals surface area contributed by atoms with Crippen molar-refractivity contribution in [3.8, 4) is 22.8 Å². The van der Waals surface area contributed by atoms with E-state index in [0.717, 1.165) is 5.56 Å². The highest BCUT2D eigenvalue weighted by Gasteiger charge is 2.14. The lowest BCUT2D eigenvalue weighted by Crippen LogP contribution is -2.12. The zero-order valence-corrected chi connectivity index (χ0v) is 12.9. The Morgan fingerprint density at radius 1 is 0.960 bits per heavy atom. The van der Waals surface area contributed by atoms with Crippen LogP contribution in [-0.2, 0) is 0 Å². The van der Waals surface area contributed by atoms with Gasteiger partial charge in [-0.25, -0.2) is 0 Å². The van der Waals surface area contributed by atoms with Crippen molar-refractivity contribution in [1.82, 2.24) is 15.4 Å². The van der Waals surface area contributed by atoms with Crippen LogP contribution in [0, 0.1) is 0 Å². The summed E-state index contributed by atoms with van der Waals surface area (Å²) in [5.41, 5.74) is 2.35. The lowest BCUT2D eigenvalue weighted by molar-refractivity contribution is 0.101. The Bertz CT molecular complexity index is 994. The van der Waals surface area contributed by atoms with Crippen LogP contribution in [0.25, 0.3) is 22.8 Å². The summed E-state index contributed by atoms with van der Waals surface area (Å²) in [5.74, 6) is 0.544. The first-order valence-corrected chi connectivity index (χ1v) is 7.50. The van der Waals surface area contributed by atoms with Gasteiger partial charge in [-0.15, -0.1) is 10.2 Å². The number of nitrogens with one attached hydrogen (secondary N) is 1. The summed E-state index contributed by atoms with van der Waals surface area (Å²) in [5, 5.41) is 14.1. The summed E-state index contributed by atoms with van der Waals surface area (Å²) in [6, 6.07) is 18.2. The molecule has 0 aliphatic carbocycles. The highest BCUT2D eigenvalue weighted by Crippen LogP contribution is 2.22. The molecule has 122 valence electrons. The highest BCUT2D eigenvalue weighted by molar-refractivity contribution is 6.03. The van der Waals surface area contributed by atoms with Crippen LogP contribution >= 0.6 is 0 Å². The molecule has 0 aliphatic rings. The first-order chi connectivity index (χ1) is 12.3. The molecule has 0 bridgehead atoms. The van der Waals surface area contributed by atoms with Crippen molar-refractivity contribution < 1.29 is 13.7 Å². The summed E-state index contributed by atoms with van der Waals surface area (Å²) < 4.78 is 10.4. The number of anilines is 1. The third kappa shape index (κ3) is 3.16. The highest BCUT2D eigenvalue weighted by atomic mass is 16.5. The van der Waals surface area contributed by atoms with E-state index in [1.807, 2.05) is 36.4 Å². The smallest absolute Gasteiger partial charge is 0.277 e. The van der Waals surface area contributed by atoms with Gasteiger partial charge in [0.2, 0.25) is 12.3 Å². The van der Waals surface area contributed by atoms with Gasteiger partial charge in [0.05, 0.1) is 0 Å². The third-order valence-electron chi connectivity index (χ3n) is 3.53. The summed E-state index contributed by atoms with van der Waals surface area (Å²) >= 11 is 0. The Labute approximate surface area is 142 Å². The number of hydrogen-bond acceptors (Lipinski definition) is 6. The standard InChI is InChI=1S/C18H12N4O3/c23-17(15-10-16(25-22-15)12-5-2-1-3-6-12)20-14-8-4-7-13(9-14)18-21-19-11-24-18/h1-11H,(H,20,23). The second kappa shape index (κ2) is 6.40. The fraction of sp³-hybridized carbons (Fsp3) is 0. The van der Waals surface area contributed by atoms with Crippen LogP contribution < -0.4 is 5.32 Å². The summed E-state index contributed by atoms with van der Waals surface area (Å²) in [4.78, 5) is 12.4. The Kier molecular flexibility index (Phi) is 3.80. The second-order valence-electron chi connectivity index (χ2n) is 5.22. The number of hydrogen-bond donors (Lipinski definition) is 1. The SMILES string of the molecule is O=C(Nc1cccc(-c2nnco2)c1)c1cc(-c2ccccc2)on1. The predicted octanol–water partition coefficient (Wildman–Crippen LogP) is 3.64. The van der Waals surface area contributed by atoms with Crippen LogP contribution in [0.5, 0.6) is 0 Å². The maximum Gasteiger partial charge on any atom is 0.277 e. The van der Waals surface area contributed by atoms with Crippen molar-refractivity contribution in [2.45, 2.75) is 0 Å². The number of carbonyl (C=O) groups excluding carboxylic acids is 1. The van der Waals surface area contributed by atoms with E-state index in [4.69, 9.17) is 8.94 Å². The molecule has 0 fully saturated rings. The normalized spacial score (nSPS) is 10.6. The van der Waals surface area contributed by atoms with Crippen molar-refractivity contribution in [3.05, 3.63) is 72.8 Å². The van der Waals surface area contributed by atoms with Crippen molar-refractivity contribution in [2.75, 3.05) is 5.32 Å². The third-order valence-corrected chi connectivity index (χ3v) is 3.53. The Balaban J connectivity index is 1.53. The van der Waals surface area contributed by atoms with Gasteiger partial charge in [-0.05, 0) is 18.2 Å². The van der Waals surface area contributed by atoms with Crippen molar-refractivity contribution >= 4 is 11.6 Å². The van der Waals surface area contributed by atoms with E-state index < -0.39 is 0 Å². The fourth-order valence-electron chi connectivity index (χ4n) is 2.34. The topological polar surface area (TPSA) is 94.1 Å². The van der Waals surface area contributed by atoms with Crippen molar-refractivity contribution in [2.24, 2.45) is 0 Å². The molecule has 2 aromatic carbocycles. The van der Waals surface area contributed by atoms with Crippen LogP contribution in [0.1, 0.15) is 10.5 Å². The first-order valence-electron chi connectivity index (χ1n) is 7.50. The molecule has 2 heterocycles. The number of aromatic nitrogens is 3. The van der Waals surface area contributed by atoms with Gasteiger partial charge in [0, 0.05) is 22.9 Å². The molecule has 4 aromatic rings. The second-order valence-corrected chi connectivity index (χ2v) is 5.22. The number of amides is 1. The van der Waals surface area contributed by atoms with Gasteiger partial charge in [0.1, 0.15) is 0 Å². The number of nitrogens with zero attached hydrogens (tertiary/aromatic N) is 3. The van der Waals surface area contributed by atoms with Gasteiger partial charge in [0.15, 0.2) is 11.5 Å². The summed E-state index contributed by atoms with van der Waals surface area (Å²) in [6.45, 7) is 0. The van der Waals surface area contributed by atoms with Gasteiger partial charge in [-0.1, -0.05) is 41.6 Å². The zero-order chi connectivity index (χ0) is 17.1. The molecule has 0 atom stereocenters. The number of carbonyl (C=O) groups is 1. The molecule has 4 rings (SSSR count). The van der Waals surface area contributed by atoms with E-state index in [2.05, 4.69) is 20.7 Å². The molecule has 1 amide bonds. The van der Waals surface area contributed by atoms with Crippen molar-refractivity contribution in [1.29, 1.82) is 0 Å². The number of rotatable bonds is 4. The van der Waals surface area contributed by atoms with E-state index in [0.29, 0.717) is 22.9 Å². The van der Waals surface area contributed by atoms with E-state index in [-0.39, 0.29) is 11.6 Å². The molecule has 0 aliphatic heterocycles. The lowest BCUT2D eigenvalue weighted by atomic mass is 10.1. The van der Waals surface area contributed by atoms with E-state index >= 15 is 0 Å². The molecule has 1 N–H and O–H groups in total. The molecular weight excluding hydrogens is 320 g/mol. The minimum absolute atomic E-state index is 0.196. The quantitative estimate of drug-likeness (QED) is 0.613. The van der Waals surface area contributed by atoms with Gasteiger partial charge >= 0.3 is 0 Å². The average Bonchev–Trinajstić information content (AvgIpc) is 3.35. The summed E-state index contributed by atoms with van der Waals surface area (Å²) in [6.07, 6.45) is 1.25. The van der Waals surface area contributed by atoms with Crippen LogP contribution in [0.2, 0.25) is 0 Å². The summed E-state index contributed by atoms with van der Waals surface area (Å²) in [7, 11) is 0. The lowest BCUT2D eigenvalue weighted by Gasteiger charge is -2.03. The van der Waals surface area contributed by atoms with Crippen LogP contribution in [0.3, 0.4) is 0 Å². The predicted molar refractivity (Wildman–Crippen MR) is 89.6 cm³/mol. The number of benzene rings is 2. The monoisotopic (exact) mass is 332 g/mol. The van der Waals surface area contributed by atoms with E-state index in [1.165, 1.54) is 6.39 Å². The molecular formula is C18H12N4O3. The molecule has 25 heavy (non-hydrogen) atoms. The van der Waals surface area contributed by atoms with Gasteiger partial charge in [-0.2, -0.15) is 0 Å². The van der Waals surface area contributed by atoms with E-state index in [1.54, 1.807) is 24.3 Å². The molecule has 0 unspecified atom stereocenters. The van der Waals surface area contributed by atoms with Gasteiger partial charge < -0.3 is 14.3 Å². The largest absolute Gasteiger partial charge is 0.423 e. The molecule has 7 nitrogen and oxygen atoms in total. The maximum absolute atomic E-state index is 12.4. The van der Waals surface area contributed by atoms with Gasteiger partial charge in [0.25, 0.3) is 5.91 Å². The first kappa shape index (κ1) is 14.8.